The van der Waals surface area contributed by atoms with E-state index in [0.29, 0.717) is 15.6 Å². The van der Waals surface area contributed by atoms with Crippen molar-refractivity contribution in [1.29, 1.82) is 0 Å². The molecule has 0 heterocycles. The predicted molar refractivity (Wildman–Crippen MR) is 69.8 cm³/mol. The first-order chi connectivity index (χ1) is 8.56. The van der Waals surface area contributed by atoms with Crippen LogP contribution in [0.1, 0.15) is 5.56 Å². The molecule has 0 aliphatic carbocycles. The minimum absolute atomic E-state index is 0.233. The van der Waals surface area contributed by atoms with Crippen molar-refractivity contribution in [3.63, 3.8) is 0 Å². The summed E-state index contributed by atoms with van der Waals surface area (Å²) in [6, 6.07) is 5.08. The number of benzene rings is 1. The molecule has 0 atom stereocenters. The van der Waals surface area contributed by atoms with Gasteiger partial charge < -0.3 is 4.84 Å². The molecule has 0 aromatic heterocycles. The van der Waals surface area contributed by atoms with E-state index in [0.717, 1.165) is 5.06 Å². The van der Waals surface area contributed by atoms with Crippen LogP contribution in [0, 0.1) is 0 Å². The molecule has 1 amide bonds. The van der Waals surface area contributed by atoms with Gasteiger partial charge >= 0.3 is 0 Å². The van der Waals surface area contributed by atoms with Crippen LogP contribution in [0.15, 0.2) is 23.4 Å². The number of rotatable bonds is 5. The fourth-order valence-corrected chi connectivity index (χ4v) is 1.50. The molecular weight excluding hydrogens is 279 g/mol. The Hall–Kier alpha value is -1.30. The first kappa shape index (κ1) is 14.8. The van der Waals surface area contributed by atoms with E-state index < -0.39 is 0 Å². The number of hydrogen-bond donors (Lipinski definition) is 0. The van der Waals surface area contributed by atoms with Crippen LogP contribution in [0.5, 0.6) is 0 Å². The summed E-state index contributed by atoms with van der Waals surface area (Å²) in [5.74, 6) is -0.361. The van der Waals surface area contributed by atoms with E-state index in [9.17, 15) is 4.79 Å². The molecule has 5 nitrogen and oxygen atoms in total. The summed E-state index contributed by atoms with van der Waals surface area (Å²) in [7, 11) is 2.85. The number of nitrogens with zero attached hydrogens (tertiary/aromatic N) is 2. The van der Waals surface area contributed by atoms with Crippen molar-refractivity contribution < 1.29 is 14.5 Å². The summed E-state index contributed by atoms with van der Waals surface area (Å²) >= 11 is 11.8. The fraction of sp³-hybridized carbons (Fsp3) is 0.273. The molecule has 0 radical (unpaired) electrons. The molecule has 1 aromatic rings. The molecule has 7 heteroatoms. The van der Waals surface area contributed by atoms with E-state index in [-0.39, 0.29) is 12.5 Å². The average Bonchev–Trinajstić information content (AvgIpc) is 2.36. The van der Waals surface area contributed by atoms with Gasteiger partial charge in [0, 0.05) is 12.6 Å². The molecule has 0 unspecified atom stereocenters. The average molecular weight is 291 g/mol. The molecule has 0 saturated heterocycles. The lowest BCUT2D eigenvalue weighted by Gasteiger charge is -2.11. The number of carbonyl (C=O) groups excluding carboxylic acids is 1. The van der Waals surface area contributed by atoms with Gasteiger partial charge in [-0.3, -0.25) is 9.63 Å². The van der Waals surface area contributed by atoms with Crippen molar-refractivity contribution in [3.8, 4) is 0 Å². The van der Waals surface area contributed by atoms with Crippen LogP contribution in [0.2, 0.25) is 10.0 Å². The molecule has 0 N–H and O–H groups in total. The summed E-state index contributed by atoms with van der Waals surface area (Å²) in [6.45, 7) is -0.233. The summed E-state index contributed by atoms with van der Waals surface area (Å²) in [5, 5.41) is 5.57. The van der Waals surface area contributed by atoms with Gasteiger partial charge in [-0.25, -0.2) is 5.06 Å². The zero-order valence-electron chi connectivity index (χ0n) is 9.89. The van der Waals surface area contributed by atoms with Crippen LogP contribution in [-0.2, 0) is 14.5 Å². The molecule has 0 bridgehead atoms. The maximum absolute atomic E-state index is 11.3. The first-order valence-corrected chi connectivity index (χ1v) is 5.72. The van der Waals surface area contributed by atoms with Gasteiger partial charge in [0.05, 0.1) is 23.4 Å². The second-order valence-electron chi connectivity index (χ2n) is 3.22. The number of hydrogen-bond acceptors (Lipinski definition) is 4. The Labute approximate surface area is 115 Å². The van der Waals surface area contributed by atoms with E-state index in [2.05, 4.69) is 9.99 Å². The van der Waals surface area contributed by atoms with Crippen molar-refractivity contribution in [1.82, 2.24) is 5.06 Å². The third-order valence-corrected chi connectivity index (χ3v) is 2.73. The molecule has 0 saturated carbocycles. The molecular formula is C11H12Cl2N2O3. The third-order valence-electron chi connectivity index (χ3n) is 2.07. The number of carbonyl (C=O) groups is 1. The van der Waals surface area contributed by atoms with Crippen molar-refractivity contribution >= 4 is 35.3 Å². The maximum atomic E-state index is 11.3. The topological polar surface area (TPSA) is 51.1 Å². The van der Waals surface area contributed by atoms with Gasteiger partial charge in [0.2, 0.25) is 0 Å². The van der Waals surface area contributed by atoms with Crippen LogP contribution in [-0.4, -0.2) is 37.9 Å². The van der Waals surface area contributed by atoms with Crippen molar-refractivity contribution in [3.05, 3.63) is 33.8 Å². The van der Waals surface area contributed by atoms with Crippen molar-refractivity contribution in [2.75, 3.05) is 20.8 Å². The Morgan fingerprint density at radius 3 is 2.61 bits per heavy atom. The minimum Gasteiger partial charge on any atom is -0.386 e. The molecule has 98 valence electrons. The molecule has 0 spiro atoms. The van der Waals surface area contributed by atoms with Crippen LogP contribution < -0.4 is 0 Å². The van der Waals surface area contributed by atoms with Gasteiger partial charge in [0.25, 0.3) is 5.91 Å². The van der Waals surface area contributed by atoms with Crippen LogP contribution in [0.3, 0.4) is 0 Å². The highest BCUT2D eigenvalue weighted by molar-refractivity contribution is 6.38. The highest BCUT2D eigenvalue weighted by atomic mass is 35.5. The summed E-state index contributed by atoms with van der Waals surface area (Å²) < 4.78 is 0. The first-order valence-electron chi connectivity index (χ1n) is 4.96. The molecule has 0 fully saturated rings. The zero-order chi connectivity index (χ0) is 13.5. The van der Waals surface area contributed by atoms with Crippen LogP contribution in [0.25, 0.3) is 0 Å². The van der Waals surface area contributed by atoms with Crippen LogP contribution in [0.4, 0.5) is 0 Å². The summed E-state index contributed by atoms with van der Waals surface area (Å²) in [4.78, 5) is 20.8. The Kier molecular flexibility index (Phi) is 5.91. The number of amides is 1. The van der Waals surface area contributed by atoms with E-state index in [1.807, 2.05) is 0 Å². The lowest BCUT2D eigenvalue weighted by atomic mass is 10.2. The quantitative estimate of drug-likeness (QED) is 0.618. The lowest BCUT2D eigenvalue weighted by Crippen LogP contribution is -2.28. The van der Waals surface area contributed by atoms with Crippen molar-refractivity contribution in [2.24, 2.45) is 5.16 Å². The standard InChI is InChI=1S/C11H12Cl2N2O3/c1-15(17-2)11(16)7-18-14-6-8-9(12)4-3-5-10(8)13/h3-6H,7H2,1-2H3. The maximum Gasteiger partial charge on any atom is 0.286 e. The fourth-order valence-electron chi connectivity index (χ4n) is 1.01. The van der Waals surface area contributed by atoms with Crippen LogP contribution >= 0.6 is 23.2 Å². The Bertz CT molecular complexity index is 432. The number of oxime groups is 1. The SMILES string of the molecule is CON(C)C(=O)CON=Cc1c(Cl)cccc1Cl. The van der Waals surface area contributed by atoms with E-state index in [1.165, 1.54) is 20.4 Å². The number of halogens is 2. The van der Waals surface area contributed by atoms with E-state index >= 15 is 0 Å². The Morgan fingerprint density at radius 1 is 1.44 bits per heavy atom. The van der Waals surface area contributed by atoms with E-state index in [4.69, 9.17) is 28.0 Å². The monoisotopic (exact) mass is 290 g/mol. The minimum atomic E-state index is -0.361. The molecule has 0 aliphatic rings. The molecule has 0 aliphatic heterocycles. The lowest BCUT2D eigenvalue weighted by molar-refractivity contribution is -0.173. The normalized spacial score (nSPS) is 10.7. The Morgan fingerprint density at radius 2 is 2.06 bits per heavy atom. The van der Waals surface area contributed by atoms with Gasteiger partial charge in [-0.05, 0) is 12.1 Å². The van der Waals surface area contributed by atoms with Gasteiger partial charge in [0.15, 0.2) is 6.61 Å². The third kappa shape index (κ3) is 4.18. The highest BCUT2D eigenvalue weighted by Gasteiger charge is 2.07. The highest BCUT2D eigenvalue weighted by Crippen LogP contribution is 2.22. The summed E-state index contributed by atoms with van der Waals surface area (Å²) in [5.41, 5.74) is 0.536. The second-order valence-corrected chi connectivity index (χ2v) is 4.03. The molecule has 18 heavy (non-hydrogen) atoms. The largest absolute Gasteiger partial charge is 0.386 e. The summed E-state index contributed by atoms with van der Waals surface area (Å²) in [6.07, 6.45) is 1.35. The van der Waals surface area contributed by atoms with Gasteiger partial charge in [-0.15, -0.1) is 0 Å². The number of hydroxylamine groups is 2. The predicted octanol–water partition coefficient (Wildman–Crippen LogP) is 2.36. The molecule has 1 rings (SSSR count). The van der Waals surface area contributed by atoms with Gasteiger partial charge in [-0.1, -0.05) is 34.4 Å². The molecule has 1 aromatic carbocycles. The smallest absolute Gasteiger partial charge is 0.286 e. The zero-order valence-corrected chi connectivity index (χ0v) is 11.4. The second kappa shape index (κ2) is 7.20. The van der Waals surface area contributed by atoms with Crippen molar-refractivity contribution in [2.45, 2.75) is 0 Å². The Balaban J connectivity index is 2.53. The van der Waals surface area contributed by atoms with E-state index in [1.54, 1.807) is 18.2 Å². The number of likely N-dealkylation sites (N-methyl/N-ethyl adjacent to an activating group) is 1. The van der Waals surface area contributed by atoms with Gasteiger partial charge in [-0.2, -0.15) is 0 Å². The van der Waals surface area contributed by atoms with Gasteiger partial charge in [0.1, 0.15) is 0 Å².